The number of nitrogens with two attached hydrogens (primary N) is 1. The number of nitrogen functional groups attached to an aromatic ring is 1. The molecule has 0 spiro atoms. The Hall–Kier alpha value is -2.62. The molecule has 0 unspecified atom stereocenters. The van der Waals surface area contributed by atoms with Gasteiger partial charge in [0, 0.05) is 12.6 Å². The Bertz CT molecular complexity index is 609. The van der Waals surface area contributed by atoms with Crippen molar-refractivity contribution in [3.8, 4) is 0 Å². The molecule has 0 bridgehead atoms. The van der Waals surface area contributed by atoms with E-state index in [1.54, 1.807) is 48.5 Å². The van der Waals surface area contributed by atoms with Crippen LogP contribution in [-0.2, 0) is 4.79 Å². The second-order valence-electron chi connectivity index (χ2n) is 4.08. The third-order valence-corrected chi connectivity index (χ3v) is 2.72. The number of benzene rings is 2. The van der Waals surface area contributed by atoms with Gasteiger partial charge >= 0.3 is 0 Å². The van der Waals surface area contributed by atoms with Crippen molar-refractivity contribution in [2.75, 3.05) is 10.6 Å². The number of amides is 2. The summed E-state index contributed by atoms with van der Waals surface area (Å²) in [5, 5.41) is 0. The average molecular weight is 254 g/mol. The number of hydrogen-bond acceptors (Lipinski definition) is 3. The van der Waals surface area contributed by atoms with Gasteiger partial charge in [0.25, 0.3) is 5.91 Å². The van der Waals surface area contributed by atoms with Crippen LogP contribution in [0.1, 0.15) is 17.3 Å². The highest BCUT2D eigenvalue weighted by Crippen LogP contribution is 2.20. The number of carbonyl (C=O) groups is 2. The van der Waals surface area contributed by atoms with Gasteiger partial charge in [0.05, 0.1) is 11.3 Å². The van der Waals surface area contributed by atoms with Crippen LogP contribution in [-0.4, -0.2) is 11.8 Å². The lowest BCUT2D eigenvalue weighted by Gasteiger charge is -2.19. The lowest BCUT2D eigenvalue weighted by molar-refractivity contribution is -0.115. The van der Waals surface area contributed by atoms with Gasteiger partial charge in [-0.2, -0.15) is 0 Å². The molecule has 96 valence electrons. The molecule has 0 aromatic heterocycles. The van der Waals surface area contributed by atoms with Crippen molar-refractivity contribution in [1.29, 1.82) is 0 Å². The first-order valence-corrected chi connectivity index (χ1v) is 5.86. The van der Waals surface area contributed by atoms with Gasteiger partial charge in [0.15, 0.2) is 0 Å². The molecule has 2 aromatic rings. The molecule has 4 heteroatoms. The molecule has 2 aromatic carbocycles. The van der Waals surface area contributed by atoms with Gasteiger partial charge in [-0.15, -0.1) is 0 Å². The maximum absolute atomic E-state index is 12.4. The summed E-state index contributed by atoms with van der Waals surface area (Å²) < 4.78 is 0. The molecule has 2 N–H and O–H groups in total. The van der Waals surface area contributed by atoms with Gasteiger partial charge in [-0.05, 0) is 24.3 Å². The highest BCUT2D eigenvalue weighted by Gasteiger charge is 2.22. The first kappa shape index (κ1) is 12.8. The SMILES string of the molecule is CC(=O)N(C(=O)c1ccccc1N)c1ccccc1. The molecule has 0 aliphatic carbocycles. The maximum Gasteiger partial charge on any atom is 0.267 e. The molecular weight excluding hydrogens is 240 g/mol. The fraction of sp³-hybridized carbons (Fsp3) is 0.0667. The quantitative estimate of drug-likeness (QED) is 0.837. The van der Waals surface area contributed by atoms with Crippen LogP contribution in [0.2, 0.25) is 0 Å². The molecular formula is C15H14N2O2. The summed E-state index contributed by atoms with van der Waals surface area (Å²) in [5.74, 6) is -0.767. The normalized spacial score (nSPS) is 9.95. The van der Waals surface area contributed by atoms with Gasteiger partial charge < -0.3 is 5.73 Å². The van der Waals surface area contributed by atoms with Crippen molar-refractivity contribution >= 4 is 23.2 Å². The molecule has 0 saturated carbocycles. The molecule has 19 heavy (non-hydrogen) atoms. The standard InChI is InChI=1S/C15H14N2O2/c1-11(18)17(12-7-3-2-4-8-12)15(19)13-9-5-6-10-14(13)16/h2-10H,16H2,1H3. The molecule has 0 aliphatic rings. The first-order valence-electron chi connectivity index (χ1n) is 5.86. The van der Waals surface area contributed by atoms with E-state index in [0.717, 1.165) is 4.90 Å². The van der Waals surface area contributed by atoms with Crippen LogP contribution in [0.5, 0.6) is 0 Å². The maximum atomic E-state index is 12.4. The molecule has 4 nitrogen and oxygen atoms in total. The lowest BCUT2D eigenvalue weighted by atomic mass is 10.1. The van der Waals surface area contributed by atoms with Crippen molar-refractivity contribution in [3.05, 3.63) is 60.2 Å². The van der Waals surface area contributed by atoms with E-state index >= 15 is 0 Å². The van der Waals surface area contributed by atoms with Gasteiger partial charge in [0.2, 0.25) is 5.91 Å². The molecule has 0 atom stereocenters. The van der Waals surface area contributed by atoms with E-state index in [9.17, 15) is 9.59 Å². The number of imide groups is 1. The largest absolute Gasteiger partial charge is 0.398 e. The molecule has 0 saturated heterocycles. The Morgan fingerprint density at radius 1 is 0.947 bits per heavy atom. The van der Waals surface area contributed by atoms with Crippen LogP contribution in [0.3, 0.4) is 0 Å². The molecule has 2 amide bonds. The Morgan fingerprint density at radius 3 is 2.11 bits per heavy atom. The highest BCUT2D eigenvalue weighted by molar-refractivity contribution is 6.22. The molecule has 0 fully saturated rings. The minimum absolute atomic E-state index is 0.321. The molecule has 2 rings (SSSR count). The minimum Gasteiger partial charge on any atom is -0.398 e. The van der Waals surface area contributed by atoms with Crippen molar-refractivity contribution in [1.82, 2.24) is 0 Å². The fourth-order valence-corrected chi connectivity index (χ4v) is 1.83. The van der Waals surface area contributed by atoms with E-state index in [4.69, 9.17) is 5.73 Å². The fourth-order valence-electron chi connectivity index (χ4n) is 1.83. The summed E-state index contributed by atoms with van der Waals surface area (Å²) in [4.78, 5) is 25.3. The van der Waals surface area contributed by atoms with Gasteiger partial charge in [-0.25, -0.2) is 4.90 Å². The van der Waals surface area contributed by atoms with Crippen LogP contribution >= 0.6 is 0 Å². The van der Waals surface area contributed by atoms with E-state index in [0.29, 0.717) is 16.9 Å². The van der Waals surface area contributed by atoms with E-state index < -0.39 is 5.91 Å². The zero-order chi connectivity index (χ0) is 13.8. The first-order chi connectivity index (χ1) is 9.11. The zero-order valence-electron chi connectivity index (χ0n) is 10.5. The van der Waals surface area contributed by atoms with Crippen LogP contribution < -0.4 is 10.6 Å². The Labute approximate surface area is 111 Å². The van der Waals surface area contributed by atoms with Crippen LogP contribution in [0.4, 0.5) is 11.4 Å². The Balaban J connectivity index is 2.44. The summed E-state index contributed by atoms with van der Waals surface area (Å²) in [5.41, 5.74) is 6.99. The van der Waals surface area contributed by atoms with Gasteiger partial charge in [-0.3, -0.25) is 9.59 Å². The summed E-state index contributed by atoms with van der Waals surface area (Å²) in [6.07, 6.45) is 0. The summed E-state index contributed by atoms with van der Waals surface area (Å²) >= 11 is 0. The second-order valence-corrected chi connectivity index (χ2v) is 4.08. The lowest BCUT2D eigenvalue weighted by Crippen LogP contribution is -2.35. The summed E-state index contributed by atoms with van der Waals surface area (Å²) in [6, 6.07) is 15.5. The summed E-state index contributed by atoms with van der Waals surface area (Å²) in [6.45, 7) is 1.35. The van der Waals surface area contributed by atoms with E-state index in [-0.39, 0.29) is 5.91 Å². The van der Waals surface area contributed by atoms with Crippen LogP contribution in [0, 0.1) is 0 Å². The molecule has 0 aliphatic heterocycles. The Morgan fingerprint density at radius 2 is 1.53 bits per heavy atom. The summed E-state index contributed by atoms with van der Waals surface area (Å²) in [7, 11) is 0. The smallest absolute Gasteiger partial charge is 0.267 e. The predicted molar refractivity (Wildman–Crippen MR) is 74.8 cm³/mol. The van der Waals surface area contributed by atoms with E-state index in [1.165, 1.54) is 6.92 Å². The van der Waals surface area contributed by atoms with E-state index in [1.807, 2.05) is 6.07 Å². The van der Waals surface area contributed by atoms with Crippen molar-refractivity contribution in [2.45, 2.75) is 6.92 Å². The molecule has 0 radical (unpaired) electrons. The minimum atomic E-state index is -0.420. The number of anilines is 2. The third kappa shape index (κ3) is 2.63. The van der Waals surface area contributed by atoms with Crippen molar-refractivity contribution < 1.29 is 9.59 Å². The average Bonchev–Trinajstić information content (AvgIpc) is 2.40. The van der Waals surface area contributed by atoms with Gasteiger partial charge in [-0.1, -0.05) is 30.3 Å². The van der Waals surface area contributed by atoms with Crippen LogP contribution in [0.25, 0.3) is 0 Å². The third-order valence-electron chi connectivity index (χ3n) is 2.72. The second kappa shape index (κ2) is 5.35. The number of para-hydroxylation sites is 2. The van der Waals surface area contributed by atoms with Gasteiger partial charge in [0.1, 0.15) is 0 Å². The molecule has 0 heterocycles. The number of nitrogens with zero attached hydrogens (tertiary/aromatic N) is 1. The van der Waals surface area contributed by atoms with E-state index in [2.05, 4.69) is 0 Å². The number of rotatable bonds is 2. The zero-order valence-corrected chi connectivity index (χ0v) is 10.5. The number of carbonyl (C=O) groups excluding carboxylic acids is 2. The predicted octanol–water partition coefficient (Wildman–Crippen LogP) is 2.46. The monoisotopic (exact) mass is 254 g/mol. The van der Waals surface area contributed by atoms with Crippen molar-refractivity contribution in [2.24, 2.45) is 0 Å². The Kier molecular flexibility index (Phi) is 3.61. The topological polar surface area (TPSA) is 63.4 Å². The highest BCUT2D eigenvalue weighted by atomic mass is 16.2. The number of hydrogen-bond donors (Lipinski definition) is 1. The van der Waals surface area contributed by atoms with Crippen molar-refractivity contribution in [3.63, 3.8) is 0 Å². The van der Waals surface area contributed by atoms with Crippen LogP contribution in [0.15, 0.2) is 54.6 Å².